The van der Waals surface area contributed by atoms with Crippen molar-refractivity contribution in [2.45, 2.75) is 26.3 Å². The van der Waals surface area contributed by atoms with Crippen LogP contribution in [0.4, 0.5) is 11.5 Å². The number of hydrogen-bond acceptors (Lipinski definition) is 5. The summed E-state index contributed by atoms with van der Waals surface area (Å²) in [7, 11) is 0. The largest absolute Gasteiger partial charge is 0.362 e. The Morgan fingerprint density at radius 1 is 1.53 bits per heavy atom. The van der Waals surface area contributed by atoms with Gasteiger partial charge in [0.05, 0.1) is 4.92 Å². The predicted molar refractivity (Wildman–Crippen MR) is 76.7 cm³/mol. The number of nitrogens with zero attached hydrogens (tertiary/aromatic N) is 2. The second-order valence-corrected chi connectivity index (χ2v) is 5.44. The van der Waals surface area contributed by atoms with Gasteiger partial charge in [-0.05, 0) is 31.4 Å². The highest BCUT2D eigenvalue weighted by Crippen LogP contribution is 2.26. The molecule has 19 heavy (non-hydrogen) atoms. The van der Waals surface area contributed by atoms with Crippen LogP contribution in [0.15, 0.2) is 29.8 Å². The summed E-state index contributed by atoms with van der Waals surface area (Å²) in [5.41, 5.74) is 0.673. The molecule has 0 saturated heterocycles. The number of aryl methyl sites for hydroxylation is 1. The van der Waals surface area contributed by atoms with E-state index in [9.17, 15) is 10.1 Å². The minimum absolute atomic E-state index is 0.0560. The lowest BCUT2D eigenvalue weighted by Gasteiger charge is -2.14. The van der Waals surface area contributed by atoms with Crippen LogP contribution in [-0.4, -0.2) is 15.9 Å². The van der Waals surface area contributed by atoms with Gasteiger partial charge in [0.2, 0.25) is 5.82 Å². The first-order chi connectivity index (χ1) is 9.08. The number of nitro groups is 1. The average Bonchev–Trinajstić information content (AvgIpc) is 2.81. The Morgan fingerprint density at radius 3 is 2.95 bits per heavy atom. The van der Waals surface area contributed by atoms with Gasteiger partial charge < -0.3 is 5.32 Å². The van der Waals surface area contributed by atoms with Gasteiger partial charge in [0.1, 0.15) is 0 Å². The van der Waals surface area contributed by atoms with Gasteiger partial charge in [-0.25, -0.2) is 4.98 Å². The van der Waals surface area contributed by atoms with E-state index in [0.29, 0.717) is 11.4 Å². The number of anilines is 1. The molecule has 0 bridgehead atoms. The van der Waals surface area contributed by atoms with Gasteiger partial charge in [-0.2, -0.15) is 0 Å². The van der Waals surface area contributed by atoms with Crippen molar-refractivity contribution < 1.29 is 4.92 Å². The summed E-state index contributed by atoms with van der Waals surface area (Å²) < 4.78 is 0. The zero-order valence-corrected chi connectivity index (χ0v) is 11.6. The summed E-state index contributed by atoms with van der Waals surface area (Å²) in [6, 6.07) is 5.79. The van der Waals surface area contributed by atoms with Crippen molar-refractivity contribution in [3.8, 4) is 0 Å². The topological polar surface area (TPSA) is 68.1 Å². The third-order valence-corrected chi connectivity index (χ3v) is 3.68. The van der Waals surface area contributed by atoms with Gasteiger partial charge in [0.15, 0.2) is 0 Å². The molecule has 6 heteroatoms. The lowest BCUT2D eigenvalue weighted by atomic mass is 10.2. The van der Waals surface area contributed by atoms with Crippen LogP contribution in [-0.2, 0) is 6.42 Å². The SMILES string of the molecule is Cc1ccnc(NC(C)Cc2cccs2)c1[N+](=O)[O-]. The number of nitrogens with one attached hydrogen (secondary N) is 1. The molecular formula is C13H15N3O2S. The molecule has 0 aliphatic carbocycles. The maximum absolute atomic E-state index is 11.1. The zero-order chi connectivity index (χ0) is 13.8. The maximum atomic E-state index is 11.1. The van der Waals surface area contributed by atoms with E-state index < -0.39 is 0 Å². The van der Waals surface area contributed by atoms with Crippen LogP contribution in [0.3, 0.4) is 0 Å². The van der Waals surface area contributed by atoms with Gasteiger partial charge in [-0.15, -0.1) is 11.3 Å². The molecule has 0 aromatic carbocycles. The molecule has 2 aromatic heterocycles. The summed E-state index contributed by atoms with van der Waals surface area (Å²) in [6.07, 6.45) is 2.41. The molecule has 0 fully saturated rings. The van der Waals surface area contributed by atoms with Crippen molar-refractivity contribution in [2.24, 2.45) is 0 Å². The summed E-state index contributed by atoms with van der Waals surface area (Å²) >= 11 is 1.68. The van der Waals surface area contributed by atoms with E-state index in [1.807, 2.05) is 18.4 Å². The second-order valence-electron chi connectivity index (χ2n) is 4.41. The van der Waals surface area contributed by atoms with Crippen LogP contribution >= 0.6 is 11.3 Å². The normalized spacial score (nSPS) is 12.1. The summed E-state index contributed by atoms with van der Waals surface area (Å²) in [5.74, 6) is 0.342. The maximum Gasteiger partial charge on any atom is 0.314 e. The van der Waals surface area contributed by atoms with Crippen LogP contribution in [0, 0.1) is 17.0 Å². The standard InChI is InChI=1S/C13H15N3O2S/c1-9-5-6-14-13(12(9)16(17)18)15-10(2)8-11-4-3-7-19-11/h3-7,10H,8H2,1-2H3,(H,14,15). The van der Waals surface area contributed by atoms with E-state index in [0.717, 1.165) is 6.42 Å². The molecule has 1 unspecified atom stereocenters. The molecule has 2 heterocycles. The summed E-state index contributed by atoms with van der Waals surface area (Å²) in [5, 5.41) is 16.2. The summed E-state index contributed by atoms with van der Waals surface area (Å²) in [4.78, 5) is 16.0. The van der Waals surface area contributed by atoms with E-state index in [-0.39, 0.29) is 16.7 Å². The van der Waals surface area contributed by atoms with Crippen molar-refractivity contribution >= 4 is 22.8 Å². The fourth-order valence-corrected chi connectivity index (χ4v) is 2.74. The molecule has 0 saturated carbocycles. The van der Waals surface area contributed by atoms with Crippen molar-refractivity contribution in [1.82, 2.24) is 4.98 Å². The Labute approximate surface area is 115 Å². The number of pyridine rings is 1. The third kappa shape index (κ3) is 3.29. The molecule has 0 aliphatic heterocycles. The summed E-state index contributed by atoms with van der Waals surface area (Å²) in [6.45, 7) is 3.71. The van der Waals surface area contributed by atoms with E-state index in [2.05, 4.69) is 16.4 Å². The van der Waals surface area contributed by atoms with Gasteiger partial charge in [-0.3, -0.25) is 10.1 Å². The molecule has 5 nitrogen and oxygen atoms in total. The molecule has 0 aliphatic rings. The van der Waals surface area contributed by atoms with Crippen LogP contribution in [0.2, 0.25) is 0 Å². The Hall–Kier alpha value is -1.95. The van der Waals surface area contributed by atoms with Crippen molar-refractivity contribution in [2.75, 3.05) is 5.32 Å². The zero-order valence-electron chi connectivity index (χ0n) is 10.8. The molecule has 2 rings (SSSR count). The minimum atomic E-state index is -0.386. The van der Waals surface area contributed by atoms with Crippen molar-refractivity contribution in [3.05, 3.63) is 50.3 Å². The van der Waals surface area contributed by atoms with Gasteiger partial charge in [0, 0.05) is 29.1 Å². The highest BCUT2D eigenvalue weighted by atomic mass is 32.1. The van der Waals surface area contributed by atoms with Crippen LogP contribution in [0.25, 0.3) is 0 Å². The fourth-order valence-electron chi connectivity index (χ4n) is 1.90. The average molecular weight is 277 g/mol. The Bertz CT molecular complexity index is 569. The van der Waals surface area contributed by atoms with Crippen LogP contribution in [0.1, 0.15) is 17.4 Å². The number of hydrogen-bond donors (Lipinski definition) is 1. The van der Waals surface area contributed by atoms with E-state index in [1.54, 1.807) is 30.5 Å². The lowest BCUT2D eigenvalue weighted by Crippen LogP contribution is -2.19. The molecule has 0 radical (unpaired) electrons. The molecule has 1 atom stereocenters. The van der Waals surface area contributed by atoms with Crippen LogP contribution in [0.5, 0.6) is 0 Å². The first kappa shape index (κ1) is 13.5. The second kappa shape index (κ2) is 5.79. The monoisotopic (exact) mass is 277 g/mol. The lowest BCUT2D eigenvalue weighted by molar-refractivity contribution is -0.384. The van der Waals surface area contributed by atoms with E-state index >= 15 is 0 Å². The van der Waals surface area contributed by atoms with Gasteiger partial charge >= 0.3 is 5.69 Å². The number of aromatic nitrogens is 1. The number of thiophene rings is 1. The predicted octanol–water partition coefficient (Wildman–Crippen LogP) is 3.40. The molecule has 0 spiro atoms. The van der Waals surface area contributed by atoms with Crippen molar-refractivity contribution in [1.29, 1.82) is 0 Å². The molecule has 100 valence electrons. The van der Waals surface area contributed by atoms with E-state index in [1.165, 1.54) is 4.88 Å². The van der Waals surface area contributed by atoms with Gasteiger partial charge in [0.25, 0.3) is 0 Å². The highest BCUT2D eigenvalue weighted by molar-refractivity contribution is 7.09. The fraction of sp³-hybridized carbons (Fsp3) is 0.308. The van der Waals surface area contributed by atoms with Crippen molar-refractivity contribution in [3.63, 3.8) is 0 Å². The minimum Gasteiger partial charge on any atom is -0.362 e. The van der Waals surface area contributed by atoms with Gasteiger partial charge in [-0.1, -0.05) is 6.07 Å². The molecule has 1 N–H and O–H groups in total. The molecular weight excluding hydrogens is 262 g/mol. The van der Waals surface area contributed by atoms with Crippen LogP contribution < -0.4 is 5.32 Å². The Kier molecular flexibility index (Phi) is 4.11. The van der Waals surface area contributed by atoms with E-state index in [4.69, 9.17) is 0 Å². The smallest absolute Gasteiger partial charge is 0.314 e. The first-order valence-corrected chi connectivity index (χ1v) is 6.85. The quantitative estimate of drug-likeness (QED) is 0.671. The molecule has 0 amide bonds. The Balaban J connectivity index is 2.14. The highest BCUT2D eigenvalue weighted by Gasteiger charge is 2.19. The Morgan fingerprint density at radius 2 is 2.32 bits per heavy atom. The third-order valence-electron chi connectivity index (χ3n) is 2.78. The number of rotatable bonds is 5. The first-order valence-electron chi connectivity index (χ1n) is 5.97. The molecule has 2 aromatic rings.